The molecule has 2 aromatic carbocycles. The van der Waals surface area contributed by atoms with Gasteiger partial charge in [0.25, 0.3) is 5.91 Å². The summed E-state index contributed by atoms with van der Waals surface area (Å²) >= 11 is 0. The number of aryl methyl sites for hydroxylation is 1. The lowest BCUT2D eigenvalue weighted by molar-refractivity contribution is 0.0910. The molecule has 176 valence electrons. The Hall–Kier alpha value is -2.63. The normalized spacial score (nSPS) is 15.3. The molecule has 6 heteroatoms. The fourth-order valence-corrected chi connectivity index (χ4v) is 4.37. The van der Waals surface area contributed by atoms with Crippen LogP contribution in [0.25, 0.3) is 11.0 Å². The van der Waals surface area contributed by atoms with Gasteiger partial charge < -0.3 is 9.73 Å². The fraction of sp³-hybridized carbons (Fsp3) is 0.407. The first-order valence-corrected chi connectivity index (χ1v) is 11.4. The number of halogens is 1. The van der Waals surface area contributed by atoms with Crippen LogP contribution >= 0.6 is 12.4 Å². The first-order valence-electron chi connectivity index (χ1n) is 11.4. The van der Waals surface area contributed by atoms with Gasteiger partial charge in [0.15, 0.2) is 11.2 Å². The van der Waals surface area contributed by atoms with Crippen LogP contribution in [-0.4, -0.2) is 30.4 Å². The van der Waals surface area contributed by atoms with Crippen molar-refractivity contribution in [2.75, 3.05) is 19.6 Å². The molecule has 0 radical (unpaired) electrons. The molecule has 0 aliphatic carbocycles. The van der Waals surface area contributed by atoms with Gasteiger partial charge in [0.05, 0.1) is 11.4 Å². The number of benzene rings is 2. The third-order valence-corrected chi connectivity index (χ3v) is 6.31. The average molecular weight is 469 g/mol. The molecule has 1 unspecified atom stereocenters. The summed E-state index contributed by atoms with van der Waals surface area (Å²) in [5.41, 5.74) is 3.79. The summed E-state index contributed by atoms with van der Waals surface area (Å²) in [5, 5.41) is 3.51. The van der Waals surface area contributed by atoms with E-state index < -0.39 is 0 Å². The lowest BCUT2D eigenvalue weighted by Gasteiger charge is -2.29. The van der Waals surface area contributed by atoms with Crippen LogP contribution in [0.4, 0.5) is 0 Å². The Bertz CT molecular complexity index is 1170. The van der Waals surface area contributed by atoms with Crippen molar-refractivity contribution >= 4 is 29.3 Å². The largest absolute Gasteiger partial charge is 0.451 e. The number of nitrogens with one attached hydrogen (secondary N) is 1. The highest BCUT2D eigenvalue weighted by atomic mass is 35.5. The molecule has 5 nitrogen and oxygen atoms in total. The van der Waals surface area contributed by atoms with Crippen molar-refractivity contribution in [2.24, 2.45) is 0 Å². The smallest absolute Gasteiger partial charge is 0.287 e. The minimum atomic E-state index is -0.361. The topological polar surface area (TPSA) is 62.6 Å². The van der Waals surface area contributed by atoms with Crippen LogP contribution in [0, 0.1) is 6.92 Å². The van der Waals surface area contributed by atoms with Crippen molar-refractivity contribution in [3.05, 3.63) is 81.2 Å². The van der Waals surface area contributed by atoms with E-state index in [-0.39, 0.29) is 41.0 Å². The molecule has 1 fully saturated rings. The van der Waals surface area contributed by atoms with Crippen molar-refractivity contribution in [3.63, 3.8) is 0 Å². The van der Waals surface area contributed by atoms with E-state index in [0.717, 1.165) is 18.7 Å². The molecule has 1 aliphatic rings. The summed E-state index contributed by atoms with van der Waals surface area (Å²) in [5.74, 6) is -0.310. The monoisotopic (exact) mass is 468 g/mol. The van der Waals surface area contributed by atoms with E-state index in [1.54, 1.807) is 12.1 Å². The van der Waals surface area contributed by atoms with E-state index in [1.165, 1.54) is 30.0 Å². The summed E-state index contributed by atoms with van der Waals surface area (Å²) in [6.45, 7) is 11.0. The number of nitrogens with zero attached hydrogens (tertiary/aromatic N) is 1. The van der Waals surface area contributed by atoms with Gasteiger partial charge in [-0.25, -0.2) is 0 Å². The molecule has 1 amide bonds. The van der Waals surface area contributed by atoms with E-state index in [9.17, 15) is 9.59 Å². The molecular weight excluding hydrogens is 436 g/mol. The number of carbonyl (C=O) groups excluding carboxylic acids is 1. The van der Waals surface area contributed by atoms with Gasteiger partial charge in [-0.3, -0.25) is 14.5 Å². The van der Waals surface area contributed by atoms with E-state index in [0.29, 0.717) is 17.5 Å². The Labute approximate surface area is 201 Å². The molecule has 0 spiro atoms. The molecule has 1 atom stereocenters. The zero-order valence-corrected chi connectivity index (χ0v) is 20.6. The van der Waals surface area contributed by atoms with Crippen LogP contribution in [0.2, 0.25) is 0 Å². The van der Waals surface area contributed by atoms with Crippen molar-refractivity contribution in [3.8, 4) is 0 Å². The highest BCUT2D eigenvalue weighted by Gasteiger charge is 2.25. The minimum absolute atomic E-state index is 0. The molecule has 4 rings (SSSR count). The number of fused-ring (bicyclic) bond motifs is 1. The lowest BCUT2D eigenvalue weighted by Crippen LogP contribution is -2.37. The van der Waals surface area contributed by atoms with E-state index in [2.05, 4.69) is 55.3 Å². The van der Waals surface area contributed by atoms with Gasteiger partial charge in [-0.1, -0.05) is 56.7 Å². The van der Waals surface area contributed by atoms with E-state index in [4.69, 9.17) is 4.42 Å². The number of carbonyl (C=O) groups is 1. The van der Waals surface area contributed by atoms with Crippen molar-refractivity contribution in [1.82, 2.24) is 10.2 Å². The number of likely N-dealkylation sites (tertiary alicyclic amines) is 1. The first kappa shape index (κ1) is 25.0. The second kappa shape index (κ2) is 10.1. The second-order valence-electron chi connectivity index (χ2n) is 9.82. The maximum atomic E-state index is 12.9. The summed E-state index contributed by atoms with van der Waals surface area (Å²) in [4.78, 5) is 27.8. The average Bonchev–Trinajstić information content (AvgIpc) is 3.28. The molecule has 1 saturated heterocycles. The second-order valence-corrected chi connectivity index (χ2v) is 9.82. The van der Waals surface area contributed by atoms with Crippen LogP contribution in [-0.2, 0) is 5.41 Å². The van der Waals surface area contributed by atoms with E-state index >= 15 is 0 Å². The van der Waals surface area contributed by atoms with Gasteiger partial charge in [0.2, 0.25) is 0 Å². The third kappa shape index (κ3) is 5.66. The zero-order valence-electron chi connectivity index (χ0n) is 19.8. The zero-order chi connectivity index (χ0) is 22.9. The number of amides is 1. The number of hydrogen-bond donors (Lipinski definition) is 1. The predicted octanol–water partition coefficient (Wildman–Crippen LogP) is 5.39. The highest BCUT2D eigenvalue weighted by molar-refractivity contribution is 5.93. The third-order valence-electron chi connectivity index (χ3n) is 6.31. The Balaban J connectivity index is 0.00000306. The van der Waals surface area contributed by atoms with Gasteiger partial charge in [-0.15, -0.1) is 12.4 Å². The quantitative estimate of drug-likeness (QED) is 0.545. The maximum absolute atomic E-state index is 12.9. The van der Waals surface area contributed by atoms with Crippen molar-refractivity contribution in [2.45, 2.75) is 52.0 Å². The van der Waals surface area contributed by atoms with Crippen LogP contribution in [0.3, 0.4) is 0 Å². The Morgan fingerprint density at radius 1 is 1.06 bits per heavy atom. The van der Waals surface area contributed by atoms with Crippen LogP contribution < -0.4 is 10.7 Å². The molecular formula is C27H33ClN2O3. The Kier molecular flexibility index (Phi) is 7.65. The van der Waals surface area contributed by atoms with Gasteiger partial charge in [0.1, 0.15) is 5.58 Å². The molecule has 33 heavy (non-hydrogen) atoms. The fourth-order valence-electron chi connectivity index (χ4n) is 4.37. The first-order chi connectivity index (χ1) is 15.2. The van der Waals surface area contributed by atoms with Crippen LogP contribution in [0.15, 0.2) is 57.7 Å². The summed E-state index contributed by atoms with van der Waals surface area (Å²) < 4.78 is 5.75. The van der Waals surface area contributed by atoms with Crippen LogP contribution in [0.1, 0.15) is 66.9 Å². The summed E-state index contributed by atoms with van der Waals surface area (Å²) in [6, 6.07) is 15.5. The van der Waals surface area contributed by atoms with E-state index in [1.807, 2.05) is 13.0 Å². The SMILES string of the molecule is Cc1ccc2oc(C(=O)NCC(c3ccc(C(C)(C)C)cc3)N3CCCC3)cc(=O)c2c1.Cl. The molecule has 1 N–H and O–H groups in total. The molecule has 1 aromatic heterocycles. The van der Waals surface area contributed by atoms with Gasteiger partial charge >= 0.3 is 0 Å². The van der Waals surface area contributed by atoms with Gasteiger partial charge in [-0.2, -0.15) is 0 Å². The molecule has 3 aromatic rings. The standard InChI is InChI=1S/C27H32N2O3.ClH/c1-18-7-12-24-21(15-18)23(30)16-25(32-24)26(31)28-17-22(29-13-5-6-14-29)19-8-10-20(11-9-19)27(2,3)4;/h7-12,15-16,22H,5-6,13-14,17H2,1-4H3,(H,28,31);1H. The summed E-state index contributed by atoms with van der Waals surface area (Å²) in [7, 11) is 0. The number of hydrogen-bond acceptors (Lipinski definition) is 4. The number of rotatable bonds is 5. The van der Waals surface area contributed by atoms with Crippen LogP contribution in [0.5, 0.6) is 0 Å². The summed E-state index contributed by atoms with van der Waals surface area (Å²) in [6.07, 6.45) is 2.34. The van der Waals surface area contributed by atoms with Crippen molar-refractivity contribution < 1.29 is 9.21 Å². The Morgan fingerprint density at radius 3 is 2.36 bits per heavy atom. The minimum Gasteiger partial charge on any atom is -0.451 e. The molecule has 0 bridgehead atoms. The van der Waals surface area contributed by atoms with Crippen molar-refractivity contribution in [1.29, 1.82) is 0 Å². The Morgan fingerprint density at radius 2 is 1.73 bits per heavy atom. The molecule has 0 saturated carbocycles. The molecule has 2 heterocycles. The lowest BCUT2D eigenvalue weighted by atomic mass is 9.86. The van der Waals surface area contributed by atoms with Gasteiger partial charge in [-0.05, 0) is 61.5 Å². The highest BCUT2D eigenvalue weighted by Crippen LogP contribution is 2.28. The van der Waals surface area contributed by atoms with Gasteiger partial charge in [0, 0.05) is 12.6 Å². The predicted molar refractivity (Wildman–Crippen MR) is 135 cm³/mol. The maximum Gasteiger partial charge on any atom is 0.287 e. The molecule has 1 aliphatic heterocycles.